The largest absolute Gasteiger partial charge is 0.369 e. The third-order valence-electron chi connectivity index (χ3n) is 3.19. The number of piperazine rings is 1. The van der Waals surface area contributed by atoms with E-state index in [1.165, 1.54) is 11.3 Å². The van der Waals surface area contributed by atoms with E-state index in [2.05, 4.69) is 53.6 Å². The van der Waals surface area contributed by atoms with E-state index in [1.54, 1.807) is 0 Å². The molecular weight excluding hydrogens is 216 g/mol. The Bertz CT molecular complexity index is 315. The fraction of sp³-hybridized carbons (Fsp3) is 0.538. The summed E-state index contributed by atoms with van der Waals surface area (Å²) in [6.07, 6.45) is 0. The van der Waals surface area contributed by atoms with Crippen molar-refractivity contribution in [2.24, 2.45) is 0 Å². The molecule has 0 atom stereocenters. The highest BCUT2D eigenvalue weighted by atomic mass is 32.1. The summed E-state index contributed by atoms with van der Waals surface area (Å²) in [6.45, 7) is 7.84. The van der Waals surface area contributed by atoms with Crippen LogP contribution in [0.3, 0.4) is 0 Å². The summed E-state index contributed by atoms with van der Waals surface area (Å²) in [5.74, 6) is 0.963. The number of thiol groups is 1. The maximum atomic E-state index is 4.28. The topological polar surface area (TPSA) is 6.48 Å². The van der Waals surface area contributed by atoms with Gasteiger partial charge >= 0.3 is 0 Å². The van der Waals surface area contributed by atoms with Crippen LogP contribution in [0.1, 0.15) is 5.56 Å². The fourth-order valence-corrected chi connectivity index (χ4v) is 2.41. The van der Waals surface area contributed by atoms with Crippen LogP contribution in [0.15, 0.2) is 24.3 Å². The van der Waals surface area contributed by atoms with E-state index in [-0.39, 0.29) is 0 Å². The second kappa shape index (κ2) is 5.60. The molecule has 2 nitrogen and oxygen atoms in total. The predicted octanol–water partition coefficient (Wildman–Crippen LogP) is 2.05. The van der Waals surface area contributed by atoms with Crippen molar-refractivity contribution in [1.29, 1.82) is 0 Å². The molecule has 0 spiro atoms. The van der Waals surface area contributed by atoms with Crippen molar-refractivity contribution in [3.8, 4) is 0 Å². The van der Waals surface area contributed by atoms with Crippen molar-refractivity contribution in [3.63, 3.8) is 0 Å². The van der Waals surface area contributed by atoms with E-state index in [0.29, 0.717) is 0 Å². The lowest BCUT2D eigenvalue weighted by Gasteiger charge is -2.35. The first-order chi connectivity index (χ1) is 7.79. The molecule has 1 aliphatic rings. The van der Waals surface area contributed by atoms with Crippen LogP contribution in [0.2, 0.25) is 0 Å². The third kappa shape index (κ3) is 2.92. The Hall–Kier alpha value is -0.670. The molecule has 1 saturated heterocycles. The Kier molecular flexibility index (Phi) is 4.13. The van der Waals surface area contributed by atoms with Crippen LogP contribution >= 0.6 is 12.6 Å². The minimum atomic E-state index is 0.963. The average Bonchev–Trinajstić information content (AvgIpc) is 2.32. The summed E-state index contributed by atoms with van der Waals surface area (Å²) in [5, 5.41) is 0. The molecule has 1 aromatic rings. The molecular formula is C13H20N2S. The minimum absolute atomic E-state index is 0.963. The number of hydrogen-bond acceptors (Lipinski definition) is 3. The van der Waals surface area contributed by atoms with Crippen LogP contribution in [0.25, 0.3) is 0 Å². The van der Waals surface area contributed by atoms with Gasteiger partial charge in [0.2, 0.25) is 0 Å². The van der Waals surface area contributed by atoms with E-state index >= 15 is 0 Å². The number of rotatable bonds is 3. The number of benzene rings is 1. The third-order valence-corrected chi connectivity index (χ3v) is 3.39. The first kappa shape index (κ1) is 11.8. The molecule has 0 aliphatic carbocycles. The molecule has 0 radical (unpaired) electrons. The van der Waals surface area contributed by atoms with Gasteiger partial charge in [-0.3, -0.25) is 4.90 Å². The number of hydrogen-bond donors (Lipinski definition) is 1. The van der Waals surface area contributed by atoms with Crippen molar-refractivity contribution in [3.05, 3.63) is 29.8 Å². The van der Waals surface area contributed by atoms with Crippen molar-refractivity contribution < 1.29 is 0 Å². The lowest BCUT2D eigenvalue weighted by Crippen LogP contribution is -2.46. The Morgan fingerprint density at radius 1 is 1.06 bits per heavy atom. The fourth-order valence-electron chi connectivity index (χ4n) is 2.13. The monoisotopic (exact) mass is 236 g/mol. The first-order valence-electron chi connectivity index (χ1n) is 5.94. The van der Waals surface area contributed by atoms with Gasteiger partial charge in [0, 0.05) is 44.2 Å². The summed E-state index contributed by atoms with van der Waals surface area (Å²) in [5.41, 5.74) is 2.69. The predicted molar refractivity (Wildman–Crippen MR) is 73.7 cm³/mol. The first-order valence-corrected chi connectivity index (χ1v) is 6.57. The Labute approximate surface area is 104 Å². The summed E-state index contributed by atoms with van der Waals surface area (Å²) >= 11 is 4.28. The Morgan fingerprint density at radius 3 is 2.25 bits per heavy atom. The maximum Gasteiger partial charge on any atom is 0.0367 e. The molecule has 2 rings (SSSR count). The Morgan fingerprint density at radius 2 is 1.69 bits per heavy atom. The van der Waals surface area contributed by atoms with Crippen LogP contribution in [-0.4, -0.2) is 43.4 Å². The zero-order valence-corrected chi connectivity index (χ0v) is 10.8. The standard InChI is InChI=1S/C13H20N2S/c1-12-2-4-13(5-3-12)15-8-6-14(7-9-15)10-11-16/h2-5,16H,6-11H2,1H3. The molecule has 1 fully saturated rings. The van der Waals surface area contributed by atoms with E-state index in [4.69, 9.17) is 0 Å². The lowest BCUT2D eigenvalue weighted by molar-refractivity contribution is 0.273. The second-order valence-corrected chi connectivity index (χ2v) is 4.84. The van der Waals surface area contributed by atoms with E-state index in [1.807, 2.05) is 0 Å². The smallest absolute Gasteiger partial charge is 0.0367 e. The molecule has 16 heavy (non-hydrogen) atoms. The van der Waals surface area contributed by atoms with E-state index in [0.717, 1.165) is 38.5 Å². The molecule has 0 N–H and O–H groups in total. The quantitative estimate of drug-likeness (QED) is 0.803. The van der Waals surface area contributed by atoms with Gasteiger partial charge in [-0.25, -0.2) is 0 Å². The SMILES string of the molecule is Cc1ccc(N2CCN(CCS)CC2)cc1. The van der Waals surface area contributed by atoms with E-state index < -0.39 is 0 Å². The van der Waals surface area contributed by atoms with Crippen molar-refractivity contribution in [1.82, 2.24) is 4.90 Å². The zero-order chi connectivity index (χ0) is 11.4. The van der Waals surface area contributed by atoms with E-state index in [9.17, 15) is 0 Å². The molecule has 0 aromatic heterocycles. The summed E-state index contributed by atoms with van der Waals surface area (Å²) in [6, 6.07) is 8.83. The molecule has 1 heterocycles. The summed E-state index contributed by atoms with van der Waals surface area (Å²) < 4.78 is 0. The van der Waals surface area contributed by atoms with Gasteiger partial charge in [-0.15, -0.1) is 0 Å². The molecule has 0 amide bonds. The summed E-state index contributed by atoms with van der Waals surface area (Å²) in [4.78, 5) is 4.95. The normalized spacial score (nSPS) is 17.8. The zero-order valence-electron chi connectivity index (χ0n) is 9.89. The molecule has 88 valence electrons. The highest BCUT2D eigenvalue weighted by Gasteiger charge is 2.15. The van der Waals surface area contributed by atoms with Crippen LogP contribution in [0.4, 0.5) is 5.69 Å². The number of anilines is 1. The van der Waals surface area contributed by atoms with Crippen LogP contribution in [0, 0.1) is 6.92 Å². The van der Waals surface area contributed by atoms with Gasteiger partial charge in [-0.1, -0.05) is 17.7 Å². The van der Waals surface area contributed by atoms with Crippen LogP contribution in [0.5, 0.6) is 0 Å². The lowest BCUT2D eigenvalue weighted by atomic mass is 10.2. The van der Waals surface area contributed by atoms with Crippen molar-refractivity contribution >= 4 is 18.3 Å². The van der Waals surface area contributed by atoms with Crippen molar-refractivity contribution in [2.75, 3.05) is 43.4 Å². The maximum absolute atomic E-state index is 4.28. The average molecular weight is 236 g/mol. The molecule has 0 saturated carbocycles. The van der Waals surface area contributed by atoms with Crippen LogP contribution < -0.4 is 4.90 Å². The van der Waals surface area contributed by atoms with Gasteiger partial charge in [0.1, 0.15) is 0 Å². The van der Waals surface area contributed by atoms with Gasteiger partial charge in [-0.2, -0.15) is 12.6 Å². The Balaban J connectivity index is 1.91. The van der Waals surface area contributed by atoms with Gasteiger partial charge in [0.25, 0.3) is 0 Å². The molecule has 1 aromatic carbocycles. The number of aryl methyl sites for hydroxylation is 1. The molecule has 3 heteroatoms. The van der Waals surface area contributed by atoms with Gasteiger partial charge in [-0.05, 0) is 19.1 Å². The summed E-state index contributed by atoms with van der Waals surface area (Å²) in [7, 11) is 0. The molecule has 0 bridgehead atoms. The highest BCUT2D eigenvalue weighted by molar-refractivity contribution is 7.80. The van der Waals surface area contributed by atoms with Crippen LogP contribution in [-0.2, 0) is 0 Å². The second-order valence-electron chi connectivity index (χ2n) is 4.39. The van der Waals surface area contributed by atoms with Gasteiger partial charge < -0.3 is 4.90 Å². The van der Waals surface area contributed by atoms with Gasteiger partial charge in [0.15, 0.2) is 0 Å². The molecule has 0 unspecified atom stereocenters. The minimum Gasteiger partial charge on any atom is -0.369 e. The number of nitrogens with zero attached hydrogens (tertiary/aromatic N) is 2. The van der Waals surface area contributed by atoms with Gasteiger partial charge in [0.05, 0.1) is 0 Å². The highest BCUT2D eigenvalue weighted by Crippen LogP contribution is 2.16. The molecule has 1 aliphatic heterocycles. The van der Waals surface area contributed by atoms with Crippen molar-refractivity contribution in [2.45, 2.75) is 6.92 Å².